The zero-order valence-electron chi connectivity index (χ0n) is 6.61. The van der Waals surface area contributed by atoms with Crippen LogP contribution in [0.2, 0.25) is 0 Å². The van der Waals surface area contributed by atoms with E-state index in [0.717, 1.165) is 13.1 Å². The molecule has 0 aromatic carbocycles. The zero-order chi connectivity index (χ0) is 7.11. The van der Waals surface area contributed by atoms with Crippen LogP contribution in [0.4, 0.5) is 0 Å². The van der Waals surface area contributed by atoms with E-state index in [1.807, 2.05) is 13.8 Å². The molecule has 58 valence electrons. The minimum absolute atomic E-state index is 0. The van der Waals surface area contributed by atoms with E-state index in [1.165, 1.54) is 6.42 Å². The Hall–Kier alpha value is -0.0800. The molecule has 1 N–H and O–H groups in total. The fourth-order valence-electron chi connectivity index (χ4n) is 0.829. The fraction of sp³-hybridized carbons (Fsp3) is 1.00. The van der Waals surface area contributed by atoms with E-state index in [2.05, 4.69) is 5.32 Å². The molecule has 0 saturated carbocycles. The smallest absolute Gasteiger partial charge is 0.0707 e. The van der Waals surface area contributed by atoms with Crippen LogP contribution < -0.4 is 5.32 Å². The second-order valence-electron chi connectivity index (χ2n) is 1.85. The summed E-state index contributed by atoms with van der Waals surface area (Å²) in [7, 11) is 1.76. The lowest BCUT2D eigenvalue weighted by Gasteiger charge is -2.01. The highest BCUT2D eigenvalue weighted by molar-refractivity contribution is 4.69. The Morgan fingerprint density at radius 2 is 2.22 bits per heavy atom. The van der Waals surface area contributed by atoms with Gasteiger partial charge in [0, 0.05) is 15.1 Å². The Balaban J connectivity index is 0. The summed E-state index contributed by atoms with van der Waals surface area (Å²) in [6.07, 6.45) is 1.66. The van der Waals surface area contributed by atoms with E-state index in [0.29, 0.717) is 6.10 Å². The van der Waals surface area contributed by atoms with Gasteiger partial charge in [-0.1, -0.05) is 13.8 Å². The third-order valence-electron chi connectivity index (χ3n) is 1.35. The number of methoxy groups -OCH3 is 1. The maximum Gasteiger partial charge on any atom is 0.0707 e. The first-order valence-corrected chi connectivity index (χ1v) is 3.67. The minimum atomic E-state index is 0. The summed E-state index contributed by atoms with van der Waals surface area (Å²) in [5, 5.41) is 3.20. The zero-order valence-corrected chi connectivity index (χ0v) is 6.61. The Bertz CT molecular complexity index is 55.6. The lowest BCUT2D eigenvalue weighted by Crippen LogP contribution is -2.14. The number of hydrogen-bond donors (Lipinski definition) is 1. The van der Waals surface area contributed by atoms with Gasteiger partial charge in [0.05, 0.1) is 6.10 Å². The first-order chi connectivity index (χ1) is 4.43. The van der Waals surface area contributed by atoms with E-state index >= 15 is 0 Å². The molecule has 1 fully saturated rings. The Labute approximate surface area is 59.1 Å². The summed E-state index contributed by atoms with van der Waals surface area (Å²) in [4.78, 5) is 0. The van der Waals surface area contributed by atoms with Gasteiger partial charge in [-0.3, -0.25) is 0 Å². The summed E-state index contributed by atoms with van der Waals surface area (Å²) < 4.78 is 5.05. The molecule has 0 amide bonds. The molecular formula is C7H19NO. The van der Waals surface area contributed by atoms with Gasteiger partial charge in [0.2, 0.25) is 0 Å². The second-order valence-corrected chi connectivity index (χ2v) is 1.85. The van der Waals surface area contributed by atoms with Crippen molar-refractivity contribution in [1.29, 1.82) is 0 Å². The van der Waals surface area contributed by atoms with Gasteiger partial charge in [0.25, 0.3) is 0 Å². The summed E-state index contributed by atoms with van der Waals surface area (Å²) in [6.45, 7) is 6.16. The largest absolute Gasteiger partial charge is 0.380 e. The van der Waals surface area contributed by atoms with Gasteiger partial charge in [-0.05, 0) is 13.0 Å². The van der Waals surface area contributed by atoms with Crippen molar-refractivity contribution in [2.75, 3.05) is 20.2 Å². The molecule has 0 radical (unpaired) electrons. The van der Waals surface area contributed by atoms with Crippen molar-refractivity contribution >= 4 is 0 Å². The molecule has 0 aliphatic carbocycles. The highest BCUT2D eigenvalue weighted by Gasteiger charge is 2.11. The normalized spacial score (nSPS) is 25.0. The molecule has 0 spiro atoms. The summed E-state index contributed by atoms with van der Waals surface area (Å²) in [5.74, 6) is 0. The van der Waals surface area contributed by atoms with Crippen LogP contribution in [0.25, 0.3) is 0 Å². The van der Waals surface area contributed by atoms with Gasteiger partial charge in [0.1, 0.15) is 0 Å². The van der Waals surface area contributed by atoms with Crippen molar-refractivity contribution in [1.82, 2.24) is 5.32 Å². The lowest BCUT2D eigenvalue weighted by molar-refractivity contribution is 0.119. The second kappa shape index (κ2) is 6.05. The van der Waals surface area contributed by atoms with Crippen molar-refractivity contribution in [3.63, 3.8) is 0 Å². The Morgan fingerprint density at radius 1 is 1.56 bits per heavy atom. The molecule has 1 heterocycles. The summed E-state index contributed by atoms with van der Waals surface area (Å²) >= 11 is 0. The molecule has 0 aromatic heterocycles. The van der Waals surface area contributed by atoms with Gasteiger partial charge < -0.3 is 10.1 Å². The summed E-state index contributed by atoms with van der Waals surface area (Å²) in [6, 6.07) is 0. The van der Waals surface area contributed by atoms with Crippen molar-refractivity contribution in [3.05, 3.63) is 0 Å². The van der Waals surface area contributed by atoms with E-state index in [9.17, 15) is 0 Å². The molecule has 1 aliphatic heterocycles. The Morgan fingerprint density at radius 3 is 2.44 bits per heavy atom. The van der Waals surface area contributed by atoms with E-state index < -0.39 is 0 Å². The third-order valence-corrected chi connectivity index (χ3v) is 1.35. The van der Waals surface area contributed by atoms with Gasteiger partial charge >= 0.3 is 0 Å². The van der Waals surface area contributed by atoms with Crippen LogP contribution in [0.15, 0.2) is 0 Å². The van der Waals surface area contributed by atoms with Crippen molar-refractivity contribution < 1.29 is 6.16 Å². The summed E-state index contributed by atoms with van der Waals surface area (Å²) in [5.41, 5.74) is 0. The van der Waals surface area contributed by atoms with Crippen molar-refractivity contribution in [2.45, 2.75) is 26.4 Å². The average molecular weight is 133 g/mol. The average Bonchev–Trinajstić information content (AvgIpc) is 2.43. The number of hydrogen-bond acceptors (Lipinski definition) is 2. The third kappa shape index (κ3) is 3.49. The van der Waals surface area contributed by atoms with Crippen molar-refractivity contribution in [3.8, 4) is 0 Å². The predicted octanol–water partition coefficient (Wildman–Crippen LogP) is 1.27. The van der Waals surface area contributed by atoms with Crippen LogP contribution in [0.1, 0.15) is 21.7 Å². The number of rotatable bonds is 1. The highest BCUT2D eigenvalue weighted by atomic mass is 16.5. The molecule has 2 heteroatoms. The van der Waals surface area contributed by atoms with Crippen LogP contribution >= 0.6 is 0 Å². The molecule has 0 aromatic rings. The topological polar surface area (TPSA) is 21.3 Å². The van der Waals surface area contributed by atoms with Gasteiger partial charge in [-0.2, -0.15) is 0 Å². The SMILES string of the molecule is CC.CO[C@H]1CCNC1.[HH]. The maximum absolute atomic E-state index is 5.05. The quantitative estimate of drug-likeness (QED) is 0.581. The Kier molecular flexibility index (Phi) is 5.99. The molecular weight excluding hydrogens is 114 g/mol. The molecule has 9 heavy (non-hydrogen) atoms. The lowest BCUT2D eigenvalue weighted by atomic mass is 10.3. The number of ether oxygens (including phenoxy) is 1. The van der Waals surface area contributed by atoms with Gasteiger partial charge in [-0.25, -0.2) is 0 Å². The van der Waals surface area contributed by atoms with Gasteiger partial charge in [-0.15, -0.1) is 0 Å². The predicted molar refractivity (Wildman–Crippen MR) is 41.7 cm³/mol. The van der Waals surface area contributed by atoms with E-state index in [4.69, 9.17) is 4.74 Å². The first-order valence-electron chi connectivity index (χ1n) is 3.67. The van der Waals surface area contributed by atoms with Gasteiger partial charge in [0.15, 0.2) is 0 Å². The van der Waals surface area contributed by atoms with Crippen LogP contribution in [0.5, 0.6) is 0 Å². The first kappa shape index (κ1) is 8.92. The molecule has 0 unspecified atom stereocenters. The molecule has 1 atom stereocenters. The van der Waals surface area contributed by atoms with Crippen LogP contribution in [0, 0.1) is 0 Å². The molecule has 1 aliphatic rings. The van der Waals surface area contributed by atoms with E-state index in [1.54, 1.807) is 7.11 Å². The van der Waals surface area contributed by atoms with E-state index in [-0.39, 0.29) is 1.43 Å². The fourth-order valence-corrected chi connectivity index (χ4v) is 0.829. The monoisotopic (exact) mass is 133 g/mol. The standard InChI is InChI=1S/C5H11NO.C2H6.H2/c1-7-5-2-3-6-4-5;1-2;/h5-6H,2-4H2,1H3;1-2H3;1H/t5-;;/m0../s1. The molecule has 2 nitrogen and oxygen atoms in total. The van der Waals surface area contributed by atoms with Crippen LogP contribution in [-0.4, -0.2) is 26.3 Å². The minimum Gasteiger partial charge on any atom is -0.380 e. The molecule has 0 bridgehead atoms. The number of nitrogens with one attached hydrogen (secondary N) is 1. The highest BCUT2D eigenvalue weighted by Crippen LogP contribution is 1.99. The van der Waals surface area contributed by atoms with Crippen LogP contribution in [0.3, 0.4) is 0 Å². The maximum atomic E-state index is 5.05. The molecule has 1 saturated heterocycles. The van der Waals surface area contributed by atoms with Crippen LogP contribution in [-0.2, 0) is 4.74 Å². The molecule has 1 rings (SSSR count). The van der Waals surface area contributed by atoms with Crippen molar-refractivity contribution in [2.24, 2.45) is 0 Å².